The van der Waals surface area contributed by atoms with Crippen LogP contribution in [0.15, 0.2) is 145 Å². The number of unbranched alkanes of at least 4 members (excludes halogenated alkanes) is 20. The van der Waals surface area contributed by atoms with E-state index in [0.717, 1.165) is 62.9 Å². The van der Waals surface area contributed by atoms with Crippen molar-refractivity contribution in [3.63, 3.8) is 0 Å². The second-order valence-electron chi connectivity index (χ2n) is 25.8. The molecule has 0 bridgehead atoms. The van der Waals surface area contributed by atoms with Gasteiger partial charge in [0.15, 0.2) is 8.68 Å². The van der Waals surface area contributed by atoms with Crippen LogP contribution in [-0.2, 0) is 61.7 Å². The number of phenols is 14. The largest absolute Gasteiger partial charge is 1.00 e. The molecule has 0 saturated heterocycles. The second-order valence-corrected chi connectivity index (χ2v) is 32.2. The Morgan fingerprint density at radius 2 is 0.722 bits per heavy atom. The smallest absolute Gasteiger partial charge is 0.565 e. The standard InChI is InChI=1S/C24H41O2.C15H16O4.C14H21O2.C13H9N4O2S.C9H7N2O2S3.C6H5ClO2.4Na.4O3S/c1-2-3-4-5-6-7-8-9-10-11-12-13-14-15-16-17-18-22-21-23(25)19-20-24(22)26;1-8-3-12(16)6-10(14(8)18)5-11-7-13(17)4-9(2)15(11)19;1-2-3-4-5-6-7-8-12-11-13(15)9-10-14(12)16;18-10-6-7-11(19)12(8-10)20-13-14-15-16-17(13)9-4-2-1-3-5-9;1-14-8-10-11-9(16-8)15-7-4-5(12)2-3-6(7)13;7-5-3-4(8)1-2-6(5)9;;;;;4*1-4(2)3/h20-21,25-26H,2-18H2,1H3;3-4,6-7,16-19H,5H2,1-2H3;10-11,15-16H,2-8H2,1H3;1-5,7-8,18-19H;3-4,12-13H,1H3;1-3,8-9H;;;;;;;;/q-1;;3*-1;;4*+1;;;;. The predicted octanol–water partition coefficient (Wildman–Crippen LogP) is 4.62. The first-order valence-electron chi connectivity index (χ1n) is 37.5. The van der Waals surface area contributed by atoms with Crippen LogP contribution in [0.1, 0.15) is 188 Å². The van der Waals surface area contributed by atoms with Gasteiger partial charge >= 0.3 is 161 Å². The predicted molar refractivity (Wildman–Crippen MR) is 459 cm³/mol. The minimum absolute atomic E-state index is 0. The fraction of sp³-hybridized carbons (Fsp3) is 0.370. The quantitative estimate of drug-likeness (QED) is 0.00899. The Balaban J connectivity index is -0.000000689. The number of para-hydroxylation sites is 1. The van der Waals surface area contributed by atoms with Crippen LogP contribution in [0.2, 0.25) is 5.02 Å². The summed E-state index contributed by atoms with van der Waals surface area (Å²) in [6, 6.07) is 40.9. The molecule has 8 aromatic carbocycles. The summed E-state index contributed by atoms with van der Waals surface area (Å²) in [5, 5.41) is 152. The van der Waals surface area contributed by atoms with Crippen molar-refractivity contribution in [3.05, 3.63) is 184 Å². The maximum Gasteiger partial charge on any atom is 1.00 e. The van der Waals surface area contributed by atoms with Crippen LogP contribution in [0, 0.1) is 38.1 Å². The molecule has 0 unspecified atom stereocenters. The van der Waals surface area contributed by atoms with Gasteiger partial charge in [0.1, 0.15) is 34.5 Å². The summed E-state index contributed by atoms with van der Waals surface area (Å²) in [5.74, 6) is 1.06. The van der Waals surface area contributed by atoms with Crippen LogP contribution >= 0.6 is 58.2 Å². The summed E-state index contributed by atoms with van der Waals surface area (Å²) in [4.78, 5) is 0.994. The van der Waals surface area contributed by atoms with Crippen LogP contribution in [0.5, 0.6) is 80.5 Å². The van der Waals surface area contributed by atoms with Crippen molar-refractivity contribution >= 4 is 101 Å². The molecule has 0 aliphatic rings. The third-order valence-electron chi connectivity index (χ3n) is 16.3. The third kappa shape index (κ3) is 61.1. The maximum atomic E-state index is 9.96. The number of aromatic nitrogens is 6. The SMILES string of the molecule is CCCCCCCCCCCCCCCCCCc1cc(O)[c-]cc1O.CCCCCCCCc1cc(O)[c-]cc1O.CSc1nnc(Sc2cc(O)[c-]cc2O)s1.Cc1cc(O)cc(Cc2cc(O)cc(C)c2O)c1O.O=S(=O)=O.O=S(=O)=O.O=S(=O)=O.O=S(=O)=O.Oc1[c-]cc(O)c(Sc2nnnn2-c2ccccc2)c1.Oc1ccc(O)c(Cl)c1.[Na+].[Na+].[Na+].[Na+]. The Morgan fingerprint density at radius 1 is 0.381 bits per heavy atom. The van der Waals surface area contributed by atoms with E-state index in [9.17, 15) is 61.3 Å². The summed E-state index contributed by atoms with van der Waals surface area (Å²) >= 11 is 10.8. The number of aromatic hydroxyl groups is 14. The van der Waals surface area contributed by atoms with E-state index in [1.54, 1.807) is 30.7 Å². The summed E-state index contributed by atoms with van der Waals surface area (Å²) < 4.78 is 104. The number of thioether (sulfide) groups is 1. The van der Waals surface area contributed by atoms with Gasteiger partial charge in [0.2, 0.25) is 5.16 Å². The summed E-state index contributed by atoms with van der Waals surface area (Å²) in [6.07, 6.45) is 33.1. The number of tetrazole rings is 1. The molecule has 45 heteroatoms. The average Bonchev–Trinajstić information content (AvgIpc) is 1.08. The van der Waals surface area contributed by atoms with Crippen molar-refractivity contribution in [2.45, 2.75) is 212 Å². The van der Waals surface area contributed by atoms with Crippen LogP contribution in [0.25, 0.3) is 5.69 Å². The number of phenolic OH excluding ortho intramolecular Hbond substituents is 14. The van der Waals surface area contributed by atoms with Gasteiger partial charge in [-0.25, -0.2) is 0 Å². The average molecular weight is 1960 g/mol. The molecule has 0 radical (unpaired) electrons. The number of benzene rings is 8. The van der Waals surface area contributed by atoms with E-state index >= 15 is 0 Å². The van der Waals surface area contributed by atoms with E-state index in [-0.39, 0.29) is 210 Å². The monoisotopic (exact) mass is 1950 g/mol. The molecule has 0 aliphatic heterocycles. The number of aryl methyl sites for hydroxylation is 4. The van der Waals surface area contributed by atoms with Crippen molar-refractivity contribution in [1.82, 2.24) is 30.4 Å². The number of hydrogen-bond acceptors (Lipinski definition) is 35. The van der Waals surface area contributed by atoms with Gasteiger partial charge in [-0.05, 0) is 108 Å². The molecular formula is C81H99ClN6Na4O26S8. The van der Waals surface area contributed by atoms with E-state index in [0.29, 0.717) is 37.2 Å². The Bertz CT molecular complexity index is 5050. The molecule has 10 rings (SSSR count). The van der Waals surface area contributed by atoms with Gasteiger partial charge in [-0.2, -0.15) is 4.68 Å². The molecule has 0 saturated carbocycles. The fourth-order valence-electron chi connectivity index (χ4n) is 10.6. The zero-order chi connectivity index (χ0) is 91.5. The van der Waals surface area contributed by atoms with E-state index in [1.807, 2.05) is 36.6 Å². The molecule has 0 atom stereocenters. The molecular weight excluding hydrogens is 1860 g/mol. The van der Waals surface area contributed by atoms with Crippen molar-refractivity contribution in [2.24, 2.45) is 0 Å². The molecule has 14 N–H and O–H groups in total. The molecule has 0 spiro atoms. The van der Waals surface area contributed by atoms with Gasteiger partial charge in [-0.1, -0.05) is 236 Å². The van der Waals surface area contributed by atoms with Gasteiger partial charge in [0, 0.05) is 69.6 Å². The molecule has 0 aliphatic carbocycles. The number of hydrogen-bond donors (Lipinski definition) is 14. The van der Waals surface area contributed by atoms with Crippen molar-refractivity contribution in [1.29, 1.82) is 0 Å². The topological polar surface area (TPSA) is 557 Å². The van der Waals surface area contributed by atoms with Crippen molar-refractivity contribution < 1.29 is 240 Å². The minimum Gasteiger partial charge on any atom is -0.565 e. The van der Waals surface area contributed by atoms with Gasteiger partial charge in [-0.15, -0.1) is 150 Å². The second kappa shape index (κ2) is 75.1. The Hall–Kier alpha value is -6.59. The first-order chi connectivity index (χ1) is 57.9. The summed E-state index contributed by atoms with van der Waals surface area (Å²) in [7, 11) is -12.4. The molecule has 668 valence electrons. The molecule has 0 fully saturated rings. The molecule has 0 amide bonds. The number of rotatable bonds is 32. The van der Waals surface area contributed by atoms with E-state index in [1.165, 1.54) is 242 Å². The van der Waals surface area contributed by atoms with Crippen LogP contribution in [0.3, 0.4) is 0 Å². The fourth-order valence-corrected chi connectivity index (χ4v) is 14.0. The summed E-state index contributed by atoms with van der Waals surface area (Å²) in [6.45, 7) is 7.86. The molecule has 2 heterocycles. The Kier molecular flexibility index (Phi) is 74.9. The zero-order valence-electron chi connectivity index (χ0n) is 71.2. The van der Waals surface area contributed by atoms with Crippen LogP contribution in [0.4, 0.5) is 0 Å². The molecule has 2 aromatic heterocycles. The first kappa shape index (κ1) is 126. The van der Waals surface area contributed by atoms with Crippen LogP contribution < -0.4 is 118 Å². The normalized spacial score (nSPS) is 9.70. The van der Waals surface area contributed by atoms with Crippen LogP contribution in [-0.4, -0.2) is 159 Å². The Labute approximate surface area is 849 Å². The van der Waals surface area contributed by atoms with E-state index in [2.05, 4.69) is 63.8 Å². The van der Waals surface area contributed by atoms with Gasteiger partial charge in [-0.3, -0.25) is 0 Å². The molecule has 32 nitrogen and oxygen atoms in total. The number of nitrogens with zero attached hydrogens (tertiary/aromatic N) is 6. The molecule has 10 aromatic rings. The van der Waals surface area contributed by atoms with Crippen molar-refractivity contribution in [3.8, 4) is 86.2 Å². The zero-order valence-corrected chi connectivity index (χ0v) is 86.5. The van der Waals surface area contributed by atoms with Crippen molar-refractivity contribution in [2.75, 3.05) is 6.26 Å². The minimum atomic E-state index is -3.11. The van der Waals surface area contributed by atoms with E-state index in [4.69, 9.17) is 72.3 Å². The van der Waals surface area contributed by atoms with Gasteiger partial charge in [0.25, 0.3) is 0 Å². The van der Waals surface area contributed by atoms with Gasteiger partial charge < -0.3 is 71.5 Å². The molecule has 126 heavy (non-hydrogen) atoms. The Morgan fingerprint density at radius 3 is 1.07 bits per heavy atom. The van der Waals surface area contributed by atoms with E-state index < -0.39 is 42.4 Å². The maximum absolute atomic E-state index is 9.96. The third-order valence-corrected chi connectivity index (χ3v) is 20.6. The summed E-state index contributed by atoms with van der Waals surface area (Å²) in [5.41, 5.74) is 4.60. The number of halogens is 1. The van der Waals surface area contributed by atoms with Gasteiger partial charge in [0.05, 0.1) is 10.7 Å². The first-order valence-corrected chi connectivity index (χ1v) is 45.5.